The molecule has 0 saturated heterocycles. The average molecular weight is 373 g/mol. The number of pyridine rings is 1. The number of carbonyl (C=O) groups excluding carboxylic acids is 1. The van der Waals surface area contributed by atoms with Gasteiger partial charge in [-0.3, -0.25) is 9.78 Å². The van der Waals surface area contributed by atoms with Gasteiger partial charge in [-0.25, -0.2) is 0 Å². The molecule has 0 aliphatic carbocycles. The maximum atomic E-state index is 12.7. The van der Waals surface area contributed by atoms with Gasteiger partial charge in [-0.2, -0.15) is 13.2 Å². The number of nitrogens with zero attached hydrogens (tertiary/aromatic N) is 3. The van der Waals surface area contributed by atoms with E-state index in [1.54, 1.807) is 18.5 Å². The molecule has 27 heavy (non-hydrogen) atoms. The lowest BCUT2D eigenvalue weighted by Crippen LogP contribution is -2.24. The van der Waals surface area contributed by atoms with Gasteiger partial charge in [0.15, 0.2) is 11.5 Å². The van der Waals surface area contributed by atoms with Gasteiger partial charge in [0.05, 0.1) is 5.56 Å². The third kappa shape index (κ3) is 5.00. The molecule has 0 spiro atoms. The van der Waals surface area contributed by atoms with Crippen LogP contribution in [0.2, 0.25) is 0 Å². The number of anilines is 2. The fourth-order valence-electron chi connectivity index (χ4n) is 2.22. The van der Waals surface area contributed by atoms with Crippen molar-refractivity contribution in [1.29, 1.82) is 0 Å². The minimum atomic E-state index is -4.43. The Labute approximate surface area is 152 Å². The van der Waals surface area contributed by atoms with E-state index < -0.39 is 17.6 Å². The van der Waals surface area contributed by atoms with Crippen molar-refractivity contribution in [3.05, 3.63) is 77.7 Å². The number of benzene rings is 1. The van der Waals surface area contributed by atoms with Crippen molar-refractivity contribution in [2.24, 2.45) is 0 Å². The molecule has 3 aromatic rings. The van der Waals surface area contributed by atoms with E-state index in [9.17, 15) is 18.0 Å². The minimum absolute atomic E-state index is 0.0912. The first-order chi connectivity index (χ1) is 12.9. The molecule has 2 aromatic heterocycles. The van der Waals surface area contributed by atoms with E-state index in [0.717, 1.165) is 17.7 Å². The Hall–Kier alpha value is -3.49. The molecular formula is C18H14F3N5O. The smallest absolute Gasteiger partial charge is 0.347 e. The number of rotatable bonds is 5. The van der Waals surface area contributed by atoms with E-state index in [4.69, 9.17) is 0 Å². The van der Waals surface area contributed by atoms with Crippen LogP contribution in [0.5, 0.6) is 0 Å². The van der Waals surface area contributed by atoms with Crippen molar-refractivity contribution >= 4 is 17.4 Å². The van der Waals surface area contributed by atoms with E-state index in [1.165, 1.54) is 24.3 Å². The molecule has 2 heterocycles. The lowest BCUT2D eigenvalue weighted by molar-refractivity contribution is -0.137. The van der Waals surface area contributed by atoms with Crippen molar-refractivity contribution in [3.8, 4) is 0 Å². The monoisotopic (exact) mass is 373 g/mol. The summed E-state index contributed by atoms with van der Waals surface area (Å²) in [5.74, 6) is -0.199. The molecule has 0 atom stereocenters. The van der Waals surface area contributed by atoms with Crippen molar-refractivity contribution in [1.82, 2.24) is 20.5 Å². The van der Waals surface area contributed by atoms with Crippen molar-refractivity contribution in [3.63, 3.8) is 0 Å². The molecule has 0 aliphatic rings. The number of nitrogens with one attached hydrogen (secondary N) is 2. The van der Waals surface area contributed by atoms with Crippen LogP contribution >= 0.6 is 0 Å². The first-order valence-corrected chi connectivity index (χ1v) is 7.87. The van der Waals surface area contributed by atoms with Crippen LogP contribution in [0.4, 0.5) is 24.7 Å². The number of carbonyl (C=O) groups is 1. The maximum Gasteiger partial charge on any atom is 0.416 e. The molecule has 1 amide bonds. The van der Waals surface area contributed by atoms with Crippen LogP contribution < -0.4 is 10.6 Å². The van der Waals surface area contributed by atoms with E-state index in [0.29, 0.717) is 6.54 Å². The van der Waals surface area contributed by atoms with Gasteiger partial charge < -0.3 is 10.6 Å². The Bertz CT molecular complexity index is 914. The average Bonchev–Trinajstić information content (AvgIpc) is 2.67. The third-order valence-electron chi connectivity index (χ3n) is 3.54. The lowest BCUT2D eigenvalue weighted by atomic mass is 10.2. The second-order valence-corrected chi connectivity index (χ2v) is 5.55. The molecule has 0 radical (unpaired) electrons. The Morgan fingerprint density at radius 2 is 1.89 bits per heavy atom. The van der Waals surface area contributed by atoms with Gasteiger partial charge in [0, 0.05) is 24.6 Å². The number of alkyl halides is 3. The normalized spacial score (nSPS) is 11.1. The van der Waals surface area contributed by atoms with Crippen molar-refractivity contribution < 1.29 is 18.0 Å². The largest absolute Gasteiger partial charge is 0.416 e. The first kappa shape index (κ1) is 18.3. The molecule has 0 saturated carbocycles. The van der Waals surface area contributed by atoms with E-state index >= 15 is 0 Å². The summed E-state index contributed by atoms with van der Waals surface area (Å²) in [4.78, 5) is 16.0. The molecule has 0 aliphatic heterocycles. The van der Waals surface area contributed by atoms with Crippen LogP contribution in [0.3, 0.4) is 0 Å². The quantitative estimate of drug-likeness (QED) is 0.715. The summed E-state index contributed by atoms with van der Waals surface area (Å²) in [7, 11) is 0. The number of amides is 1. The number of hydrogen-bond acceptors (Lipinski definition) is 5. The highest BCUT2D eigenvalue weighted by Crippen LogP contribution is 2.31. The van der Waals surface area contributed by atoms with Gasteiger partial charge in [-0.05, 0) is 42.0 Å². The van der Waals surface area contributed by atoms with E-state index in [1.807, 2.05) is 6.07 Å². The second-order valence-electron chi connectivity index (χ2n) is 5.55. The van der Waals surface area contributed by atoms with Crippen molar-refractivity contribution in [2.45, 2.75) is 12.7 Å². The molecule has 2 N–H and O–H groups in total. The van der Waals surface area contributed by atoms with E-state index in [2.05, 4.69) is 25.8 Å². The Morgan fingerprint density at radius 1 is 1.04 bits per heavy atom. The van der Waals surface area contributed by atoms with Gasteiger partial charge in [0.1, 0.15) is 0 Å². The van der Waals surface area contributed by atoms with Crippen LogP contribution in [0, 0.1) is 0 Å². The van der Waals surface area contributed by atoms with Crippen LogP contribution in [0.15, 0.2) is 60.9 Å². The highest BCUT2D eigenvalue weighted by Gasteiger charge is 2.30. The first-order valence-electron chi connectivity index (χ1n) is 7.87. The van der Waals surface area contributed by atoms with Crippen LogP contribution in [0.25, 0.3) is 0 Å². The van der Waals surface area contributed by atoms with Crippen LogP contribution in [0.1, 0.15) is 21.6 Å². The molecular weight excluding hydrogens is 359 g/mol. The molecule has 9 heteroatoms. The molecule has 1 aromatic carbocycles. The molecule has 6 nitrogen and oxygen atoms in total. The number of aromatic nitrogens is 3. The van der Waals surface area contributed by atoms with E-state index in [-0.39, 0.29) is 17.2 Å². The zero-order valence-corrected chi connectivity index (χ0v) is 13.9. The maximum absolute atomic E-state index is 12.7. The molecule has 138 valence electrons. The summed E-state index contributed by atoms with van der Waals surface area (Å²) in [5.41, 5.74) is 0.370. The topological polar surface area (TPSA) is 79.8 Å². The Kier molecular flexibility index (Phi) is 5.30. The Morgan fingerprint density at radius 3 is 2.56 bits per heavy atom. The van der Waals surface area contributed by atoms with Gasteiger partial charge in [0.25, 0.3) is 5.91 Å². The van der Waals surface area contributed by atoms with Crippen LogP contribution in [-0.4, -0.2) is 21.1 Å². The van der Waals surface area contributed by atoms with Crippen molar-refractivity contribution in [2.75, 3.05) is 5.32 Å². The standard InChI is InChI=1S/C18H14F3N5O/c19-18(20,21)13-4-1-5-14(9-13)24-16-7-6-15(25-26-16)17(27)23-11-12-3-2-8-22-10-12/h1-10H,11H2,(H,23,27)(H,24,26). The highest BCUT2D eigenvalue weighted by molar-refractivity contribution is 5.92. The minimum Gasteiger partial charge on any atom is -0.347 e. The zero-order valence-electron chi connectivity index (χ0n) is 13.9. The third-order valence-corrected chi connectivity index (χ3v) is 3.54. The molecule has 3 rings (SSSR count). The predicted molar refractivity (Wildman–Crippen MR) is 92.2 cm³/mol. The second kappa shape index (κ2) is 7.81. The summed E-state index contributed by atoms with van der Waals surface area (Å²) < 4.78 is 38.2. The summed E-state index contributed by atoms with van der Waals surface area (Å²) >= 11 is 0. The summed E-state index contributed by atoms with van der Waals surface area (Å²) in [6.45, 7) is 0.290. The number of halogens is 3. The fourth-order valence-corrected chi connectivity index (χ4v) is 2.22. The number of hydrogen-bond donors (Lipinski definition) is 2. The van der Waals surface area contributed by atoms with Crippen LogP contribution in [-0.2, 0) is 12.7 Å². The summed E-state index contributed by atoms with van der Waals surface area (Å²) in [6.07, 6.45) is -1.17. The zero-order chi connectivity index (χ0) is 19.3. The van der Waals surface area contributed by atoms with Gasteiger partial charge in [0.2, 0.25) is 0 Å². The SMILES string of the molecule is O=C(NCc1cccnc1)c1ccc(Nc2cccc(C(F)(F)F)c2)nn1. The fraction of sp³-hybridized carbons (Fsp3) is 0.111. The Balaban J connectivity index is 1.62. The van der Waals surface area contributed by atoms with Gasteiger partial charge in [-0.1, -0.05) is 12.1 Å². The summed E-state index contributed by atoms with van der Waals surface area (Å²) in [6, 6.07) is 11.2. The highest BCUT2D eigenvalue weighted by atomic mass is 19.4. The molecule has 0 bridgehead atoms. The van der Waals surface area contributed by atoms with Gasteiger partial charge in [-0.15, -0.1) is 10.2 Å². The summed E-state index contributed by atoms with van der Waals surface area (Å²) in [5, 5.41) is 13.0. The van der Waals surface area contributed by atoms with Gasteiger partial charge >= 0.3 is 6.18 Å². The predicted octanol–water partition coefficient (Wildman–Crippen LogP) is 3.56. The molecule has 0 unspecified atom stereocenters. The molecule has 0 fully saturated rings. The lowest BCUT2D eigenvalue weighted by Gasteiger charge is -2.10.